The number of Topliss-reactive ketones (excluding diaryl/α,β-unsaturated/α-hetero) is 1. The summed E-state index contributed by atoms with van der Waals surface area (Å²) in [7, 11) is 0. The minimum Gasteiger partial charge on any atom is -0.454 e. The van der Waals surface area contributed by atoms with Crippen molar-refractivity contribution in [2.45, 2.75) is 20.3 Å². The van der Waals surface area contributed by atoms with Crippen molar-refractivity contribution >= 4 is 29.3 Å². The Bertz CT molecular complexity index is 1170. The number of anilines is 1. The average molecular weight is 445 g/mol. The fourth-order valence-electron chi connectivity index (χ4n) is 2.84. The minimum atomic E-state index is -0.681. The zero-order chi connectivity index (χ0) is 23.8. The molecular weight excluding hydrogens is 422 g/mol. The Kier molecular flexibility index (Phi) is 7.70. The van der Waals surface area contributed by atoms with Gasteiger partial charge in [-0.3, -0.25) is 9.59 Å². The Morgan fingerprint density at radius 3 is 2.12 bits per heavy atom. The molecule has 0 aliphatic heterocycles. The fraction of sp³-hybridized carbons (Fsp3) is 0.154. The van der Waals surface area contributed by atoms with Crippen LogP contribution in [0.25, 0.3) is 0 Å². The van der Waals surface area contributed by atoms with Crippen LogP contribution in [0, 0.1) is 6.92 Å². The molecular formula is C26H23NO6. The highest BCUT2D eigenvalue weighted by Crippen LogP contribution is 2.16. The van der Waals surface area contributed by atoms with E-state index in [4.69, 9.17) is 9.47 Å². The number of rotatable bonds is 8. The summed E-state index contributed by atoms with van der Waals surface area (Å²) in [4.78, 5) is 48.3. The second-order valence-electron chi connectivity index (χ2n) is 7.26. The Morgan fingerprint density at radius 1 is 0.788 bits per heavy atom. The lowest BCUT2D eigenvalue weighted by Crippen LogP contribution is -2.15. The molecule has 33 heavy (non-hydrogen) atoms. The van der Waals surface area contributed by atoms with Crippen LogP contribution in [0.4, 0.5) is 5.69 Å². The van der Waals surface area contributed by atoms with E-state index in [1.54, 1.807) is 31.2 Å². The maximum Gasteiger partial charge on any atom is 0.343 e. The van der Waals surface area contributed by atoms with Gasteiger partial charge in [0.2, 0.25) is 5.91 Å². The number of esters is 2. The quantitative estimate of drug-likeness (QED) is 0.309. The van der Waals surface area contributed by atoms with E-state index in [0.717, 1.165) is 5.56 Å². The SMILES string of the molecule is CCC(=O)Nc1cccc(C(=O)OCC(=O)c2ccc(OC(=O)c3ccc(C)cc3)cc2)c1. The summed E-state index contributed by atoms with van der Waals surface area (Å²) in [6.07, 6.45) is 0.313. The summed E-state index contributed by atoms with van der Waals surface area (Å²) in [6.45, 7) is 3.19. The molecule has 0 fully saturated rings. The van der Waals surface area contributed by atoms with Crippen LogP contribution in [-0.4, -0.2) is 30.2 Å². The van der Waals surface area contributed by atoms with Crippen molar-refractivity contribution in [1.29, 1.82) is 0 Å². The summed E-state index contributed by atoms with van der Waals surface area (Å²) in [6, 6.07) is 19.3. The van der Waals surface area contributed by atoms with Crippen LogP contribution in [0.3, 0.4) is 0 Å². The van der Waals surface area contributed by atoms with Crippen LogP contribution in [0.15, 0.2) is 72.8 Å². The van der Waals surface area contributed by atoms with Gasteiger partial charge >= 0.3 is 11.9 Å². The Balaban J connectivity index is 1.55. The predicted molar refractivity (Wildman–Crippen MR) is 123 cm³/mol. The Hall–Kier alpha value is -4.26. The van der Waals surface area contributed by atoms with Gasteiger partial charge in [0, 0.05) is 17.7 Å². The van der Waals surface area contributed by atoms with Gasteiger partial charge in [0.1, 0.15) is 5.75 Å². The van der Waals surface area contributed by atoms with Crippen LogP contribution in [0.1, 0.15) is 50.0 Å². The number of hydrogen-bond acceptors (Lipinski definition) is 6. The van der Waals surface area contributed by atoms with E-state index in [9.17, 15) is 19.2 Å². The maximum atomic E-state index is 12.4. The van der Waals surface area contributed by atoms with Crippen molar-refractivity contribution in [2.75, 3.05) is 11.9 Å². The first-order valence-electron chi connectivity index (χ1n) is 10.3. The normalized spacial score (nSPS) is 10.2. The molecule has 7 heteroatoms. The molecule has 3 aromatic carbocycles. The van der Waals surface area contributed by atoms with Crippen LogP contribution >= 0.6 is 0 Å². The molecule has 3 rings (SSSR count). The molecule has 0 bridgehead atoms. The minimum absolute atomic E-state index is 0.177. The third-order valence-corrected chi connectivity index (χ3v) is 4.71. The maximum absolute atomic E-state index is 12.4. The summed E-state index contributed by atoms with van der Waals surface area (Å²) in [5.41, 5.74) is 2.45. The second-order valence-corrected chi connectivity index (χ2v) is 7.26. The molecule has 0 aliphatic rings. The molecule has 0 heterocycles. The molecule has 0 aromatic heterocycles. The largest absolute Gasteiger partial charge is 0.454 e. The van der Waals surface area contributed by atoms with Crippen molar-refractivity contribution < 1.29 is 28.7 Å². The molecule has 0 unspecified atom stereocenters. The number of nitrogens with one attached hydrogen (secondary N) is 1. The van der Waals surface area contributed by atoms with Gasteiger partial charge in [-0.25, -0.2) is 9.59 Å². The molecule has 1 N–H and O–H groups in total. The molecule has 0 saturated carbocycles. The highest BCUT2D eigenvalue weighted by molar-refractivity contribution is 6.00. The smallest absolute Gasteiger partial charge is 0.343 e. The average Bonchev–Trinajstić information content (AvgIpc) is 2.83. The summed E-state index contributed by atoms with van der Waals surface area (Å²) < 4.78 is 10.4. The van der Waals surface area contributed by atoms with Gasteiger partial charge in [-0.2, -0.15) is 0 Å². The first kappa shape index (κ1) is 23.4. The monoisotopic (exact) mass is 445 g/mol. The van der Waals surface area contributed by atoms with Gasteiger partial charge in [-0.05, 0) is 61.5 Å². The first-order chi connectivity index (χ1) is 15.9. The number of benzene rings is 3. The van der Waals surface area contributed by atoms with E-state index in [2.05, 4.69) is 5.32 Å². The lowest BCUT2D eigenvalue weighted by molar-refractivity contribution is -0.115. The number of carbonyl (C=O) groups excluding carboxylic acids is 4. The number of ketones is 1. The van der Waals surface area contributed by atoms with Crippen molar-refractivity contribution in [3.8, 4) is 5.75 Å². The Morgan fingerprint density at radius 2 is 1.45 bits per heavy atom. The third-order valence-electron chi connectivity index (χ3n) is 4.71. The predicted octanol–water partition coefficient (Wildman–Crippen LogP) is 4.60. The van der Waals surface area contributed by atoms with Gasteiger partial charge in [0.05, 0.1) is 11.1 Å². The molecule has 3 aromatic rings. The molecule has 0 aliphatic carbocycles. The van der Waals surface area contributed by atoms with E-state index in [1.165, 1.54) is 36.4 Å². The second kappa shape index (κ2) is 10.9. The molecule has 0 spiro atoms. The number of ether oxygens (including phenoxy) is 2. The molecule has 0 atom stereocenters. The van der Waals surface area contributed by atoms with Crippen LogP contribution < -0.4 is 10.1 Å². The van der Waals surface area contributed by atoms with Gasteiger partial charge in [-0.1, -0.05) is 30.7 Å². The van der Waals surface area contributed by atoms with Crippen molar-refractivity contribution in [3.05, 3.63) is 95.1 Å². The van der Waals surface area contributed by atoms with Crippen LogP contribution in [0.2, 0.25) is 0 Å². The van der Waals surface area contributed by atoms with Gasteiger partial charge in [0.15, 0.2) is 12.4 Å². The van der Waals surface area contributed by atoms with E-state index in [-0.39, 0.29) is 11.5 Å². The van der Waals surface area contributed by atoms with Crippen LogP contribution in [0.5, 0.6) is 5.75 Å². The van der Waals surface area contributed by atoms with Gasteiger partial charge in [-0.15, -0.1) is 0 Å². The zero-order valence-electron chi connectivity index (χ0n) is 18.3. The first-order valence-corrected chi connectivity index (χ1v) is 10.3. The highest BCUT2D eigenvalue weighted by atomic mass is 16.5. The Labute approximate surface area is 191 Å². The molecule has 7 nitrogen and oxygen atoms in total. The third kappa shape index (κ3) is 6.61. The van der Waals surface area contributed by atoms with Crippen molar-refractivity contribution in [3.63, 3.8) is 0 Å². The van der Waals surface area contributed by atoms with E-state index in [1.807, 2.05) is 19.1 Å². The summed E-state index contributed by atoms with van der Waals surface area (Å²) >= 11 is 0. The summed E-state index contributed by atoms with van der Waals surface area (Å²) in [5.74, 6) is -1.47. The number of carbonyl (C=O) groups is 4. The molecule has 168 valence electrons. The van der Waals surface area contributed by atoms with E-state index >= 15 is 0 Å². The highest BCUT2D eigenvalue weighted by Gasteiger charge is 2.14. The van der Waals surface area contributed by atoms with Crippen molar-refractivity contribution in [1.82, 2.24) is 0 Å². The standard InChI is InChI=1S/C26H23NO6/c1-3-24(29)27-21-6-4-5-20(15-21)25(30)32-16-23(28)18-11-13-22(14-12-18)33-26(31)19-9-7-17(2)8-10-19/h4-15H,3,16H2,1-2H3,(H,27,29). The van der Waals surface area contributed by atoms with Gasteiger partial charge in [0.25, 0.3) is 0 Å². The number of amides is 1. The lowest BCUT2D eigenvalue weighted by Gasteiger charge is -2.08. The fourth-order valence-corrected chi connectivity index (χ4v) is 2.84. The summed E-state index contributed by atoms with van der Waals surface area (Å²) in [5, 5.41) is 2.66. The van der Waals surface area contributed by atoms with E-state index in [0.29, 0.717) is 29.0 Å². The number of aryl methyl sites for hydroxylation is 1. The molecule has 1 amide bonds. The number of hydrogen-bond donors (Lipinski definition) is 1. The van der Waals surface area contributed by atoms with Crippen LogP contribution in [-0.2, 0) is 9.53 Å². The van der Waals surface area contributed by atoms with Gasteiger partial charge < -0.3 is 14.8 Å². The molecule has 0 radical (unpaired) electrons. The lowest BCUT2D eigenvalue weighted by atomic mass is 10.1. The zero-order valence-corrected chi connectivity index (χ0v) is 18.3. The topological polar surface area (TPSA) is 98.8 Å². The molecule has 0 saturated heterocycles. The van der Waals surface area contributed by atoms with Crippen molar-refractivity contribution in [2.24, 2.45) is 0 Å². The van der Waals surface area contributed by atoms with E-state index < -0.39 is 24.3 Å².